The first-order valence-electron chi connectivity index (χ1n) is 4.24. The first kappa shape index (κ1) is 11.3. The van der Waals surface area contributed by atoms with E-state index >= 15 is 0 Å². The molecule has 1 N–H and O–H groups in total. The monoisotopic (exact) mass is 230 g/mol. The maximum atomic E-state index is 10.4. The van der Waals surface area contributed by atoms with E-state index in [1.807, 2.05) is 23.6 Å². The highest BCUT2D eigenvalue weighted by Gasteiger charge is 2.02. The molecule has 0 radical (unpaired) electrons. The van der Waals surface area contributed by atoms with Crippen molar-refractivity contribution in [3.8, 4) is 0 Å². The predicted molar refractivity (Wildman–Crippen MR) is 60.0 cm³/mol. The van der Waals surface area contributed by atoms with Gasteiger partial charge in [0.05, 0.1) is 6.42 Å². The average molecular weight is 231 g/mol. The normalized spacial score (nSPS) is 10.9. The van der Waals surface area contributed by atoms with E-state index in [1.165, 1.54) is 11.3 Å². The number of allylic oxidation sites excluding steroid dienone is 1. The molecule has 0 aromatic carbocycles. The lowest BCUT2D eigenvalue weighted by Gasteiger charge is -1.87. The Morgan fingerprint density at radius 2 is 2.43 bits per heavy atom. The third-order valence-corrected chi connectivity index (χ3v) is 2.76. The zero-order valence-corrected chi connectivity index (χ0v) is 9.14. The molecule has 0 spiro atoms. The van der Waals surface area contributed by atoms with Crippen LogP contribution in [0.25, 0.3) is 6.08 Å². The third kappa shape index (κ3) is 3.94. The van der Waals surface area contributed by atoms with Gasteiger partial charge < -0.3 is 5.11 Å². The topological polar surface area (TPSA) is 37.3 Å². The van der Waals surface area contributed by atoms with Gasteiger partial charge in [0.2, 0.25) is 0 Å². The summed E-state index contributed by atoms with van der Waals surface area (Å²) in [4.78, 5) is 11.3. The predicted octanol–water partition coefficient (Wildman–Crippen LogP) is 3.02. The highest BCUT2D eigenvalue weighted by Crippen LogP contribution is 2.16. The van der Waals surface area contributed by atoms with Crippen LogP contribution >= 0.6 is 22.9 Å². The summed E-state index contributed by atoms with van der Waals surface area (Å²) in [5, 5.41) is 10.5. The molecule has 0 fully saturated rings. The molecule has 76 valence electrons. The molecule has 0 aliphatic rings. The van der Waals surface area contributed by atoms with Gasteiger partial charge in [-0.25, -0.2) is 0 Å². The van der Waals surface area contributed by atoms with Crippen LogP contribution in [0.2, 0.25) is 0 Å². The highest BCUT2D eigenvalue weighted by atomic mass is 35.5. The van der Waals surface area contributed by atoms with E-state index in [4.69, 9.17) is 16.7 Å². The zero-order valence-electron chi connectivity index (χ0n) is 7.57. The number of alkyl halides is 1. The molecular formula is C10H11ClO2S. The van der Waals surface area contributed by atoms with Crippen molar-refractivity contribution in [1.82, 2.24) is 0 Å². The number of aliphatic carboxylic acids is 1. The van der Waals surface area contributed by atoms with E-state index in [0.717, 1.165) is 16.9 Å². The Labute approximate surface area is 91.8 Å². The molecule has 0 saturated carbocycles. The fraction of sp³-hybridized carbons (Fsp3) is 0.300. The van der Waals surface area contributed by atoms with E-state index in [1.54, 1.807) is 0 Å². The average Bonchev–Trinajstić information content (AvgIpc) is 2.52. The van der Waals surface area contributed by atoms with Gasteiger partial charge in [-0.05, 0) is 23.4 Å². The van der Waals surface area contributed by atoms with E-state index in [9.17, 15) is 4.79 Å². The number of carboxylic acids is 1. The lowest BCUT2D eigenvalue weighted by atomic mass is 10.2. The van der Waals surface area contributed by atoms with Gasteiger partial charge in [0, 0.05) is 10.8 Å². The number of hydrogen-bond acceptors (Lipinski definition) is 2. The minimum Gasteiger partial charge on any atom is -0.481 e. The van der Waals surface area contributed by atoms with Crippen molar-refractivity contribution in [2.75, 3.05) is 5.88 Å². The summed E-state index contributed by atoms with van der Waals surface area (Å²) < 4.78 is 0. The van der Waals surface area contributed by atoms with Gasteiger partial charge in [0.15, 0.2) is 0 Å². The van der Waals surface area contributed by atoms with Crippen molar-refractivity contribution in [3.05, 3.63) is 28.0 Å². The molecule has 1 aromatic heterocycles. The fourth-order valence-electron chi connectivity index (χ4n) is 1.01. The second kappa shape index (κ2) is 5.83. The summed E-state index contributed by atoms with van der Waals surface area (Å²) in [7, 11) is 0. The molecule has 4 heteroatoms. The van der Waals surface area contributed by atoms with Gasteiger partial charge >= 0.3 is 5.97 Å². The number of thiophene rings is 1. The Morgan fingerprint density at radius 3 is 3.07 bits per heavy atom. The number of carboxylic acid groups (broad SMARTS) is 1. The number of rotatable bonds is 5. The molecule has 0 bridgehead atoms. The first-order valence-corrected chi connectivity index (χ1v) is 5.65. The fourth-order valence-corrected chi connectivity index (χ4v) is 1.98. The molecule has 0 aliphatic heterocycles. The van der Waals surface area contributed by atoms with Crippen molar-refractivity contribution in [3.63, 3.8) is 0 Å². The van der Waals surface area contributed by atoms with Gasteiger partial charge in [0.25, 0.3) is 0 Å². The standard InChI is InChI=1S/C10H11ClO2S/c11-4-2-1-3-8-5-9(14-7-8)6-10(12)13/h1,3,5,7H,2,4,6H2,(H,12,13). The minimum atomic E-state index is -0.789. The summed E-state index contributed by atoms with van der Waals surface area (Å²) in [6.45, 7) is 0. The van der Waals surface area contributed by atoms with E-state index in [2.05, 4.69) is 0 Å². The third-order valence-electron chi connectivity index (χ3n) is 1.59. The Hall–Kier alpha value is -0.800. The smallest absolute Gasteiger partial charge is 0.308 e. The molecule has 1 rings (SSSR count). The molecular weight excluding hydrogens is 220 g/mol. The Morgan fingerprint density at radius 1 is 1.64 bits per heavy atom. The van der Waals surface area contributed by atoms with E-state index in [0.29, 0.717) is 5.88 Å². The Kier molecular flexibility index (Phi) is 4.70. The maximum absolute atomic E-state index is 10.4. The first-order chi connectivity index (χ1) is 6.72. The quantitative estimate of drug-likeness (QED) is 0.790. The highest BCUT2D eigenvalue weighted by molar-refractivity contribution is 7.10. The van der Waals surface area contributed by atoms with Crippen LogP contribution in [0, 0.1) is 0 Å². The maximum Gasteiger partial charge on any atom is 0.308 e. The number of hydrogen-bond donors (Lipinski definition) is 1. The van der Waals surface area contributed by atoms with E-state index in [-0.39, 0.29) is 6.42 Å². The summed E-state index contributed by atoms with van der Waals surface area (Å²) in [5.41, 5.74) is 1.05. The minimum absolute atomic E-state index is 0.105. The molecule has 0 amide bonds. The van der Waals surface area contributed by atoms with Crippen molar-refractivity contribution < 1.29 is 9.90 Å². The van der Waals surface area contributed by atoms with Gasteiger partial charge in [0.1, 0.15) is 0 Å². The lowest BCUT2D eigenvalue weighted by Crippen LogP contribution is -1.97. The van der Waals surface area contributed by atoms with Crippen molar-refractivity contribution >= 4 is 35.0 Å². The van der Waals surface area contributed by atoms with Crippen LogP contribution in [0.3, 0.4) is 0 Å². The zero-order chi connectivity index (χ0) is 10.4. The molecule has 1 heterocycles. The van der Waals surface area contributed by atoms with Gasteiger partial charge in [-0.2, -0.15) is 0 Å². The Balaban J connectivity index is 2.54. The van der Waals surface area contributed by atoms with E-state index < -0.39 is 5.97 Å². The molecule has 0 atom stereocenters. The van der Waals surface area contributed by atoms with Crippen molar-refractivity contribution in [2.45, 2.75) is 12.8 Å². The van der Waals surface area contributed by atoms with Crippen LogP contribution in [0.4, 0.5) is 0 Å². The molecule has 0 aliphatic carbocycles. The Bertz CT molecular complexity index is 331. The second-order valence-electron chi connectivity index (χ2n) is 2.80. The molecule has 0 saturated heterocycles. The molecule has 2 nitrogen and oxygen atoms in total. The lowest BCUT2D eigenvalue weighted by molar-refractivity contribution is -0.136. The summed E-state index contributed by atoms with van der Waals surface area (Å²) >= 11 is 6.99. The number of carbonyl (C=O) groups is 1. The molecule has 14 heavy (non-hydrogen) atoms. The van der Waals surface area contributed by atoms with Crippen LogP contribution in [0.1, 0.15) is 16.9 Å². The van der Waals surface area contributed by atoms with Gasteiger partial charge in [-0.1, -0.05) is 12.2 Å². The van der Waals surface area contributed by atoms with Crippen LogP contribution in [-0.4, -0.2) is 17.0 Å². The van der Waals surface area contributed by atoms with Gasteiger partial charge in [-0.3, -0.25) is 4.79 Å². The largest absolute Gasteiger partial charge is 0.481 e. The van der Waals surface area contributed by atoms with Crippen LogP contribution in [0.15, 0.2) is 17.5 Å². The molecule has 1 aromatic rings. The molecule has 0 unspecified atom stereocenters. The van der Waals surface area contributed by atoms with Crippen LogP contribution < -0.4 is 0 Å². The SMILES string of the molecule is O=C(O)Cc1cc(C=CCCCl)cs1. The summed E-state index contributed by atoms with van der Waals surface area (Å²) in [5.74, 6) is -0.175. The van der Waals surface area contributed by atoms with Crippen LogP contribution in [0.5, 0.6) is 0 Å². The summed E-state index contributed by atoms with van der Waals surface area (Å²) in [6.07, 6.45) is 4.89. The number of halogens is 1. The van der Waals surface area contributed by atoms with Crippen LogP contribution in [-0.2, 0) is 11.2 Å². The van der Waals surface area contributed by atoms with Gasteiger partial charge in [-0.15, -0.1) is 22.9 Å². The summed E-state index contributed by atoms with van der Waals surface area (Å²) in [6, 6.07) is 1.89. The second-order valence-corrected chi connectivity index (χ2v) is 4.17. The van der Waals surface area contributed by atoms with Crippen molar-refractivity contribution in [1.29, 1.82) is 0 Å². The van der Waals surface area contributed by atoms with Crippen molar-refractivity contribution in [2.24, 2.45) is 0 Å².